The van der Waals surface area contributed by atoms with Crippen LogP contribution in [0.5, 0.6) is 0 Å². The van der Waals surface area contributed by atoms with E-state index >= 15 is 0 Å². The van der Waals surface area contributed by atoms with Crippen LogP contribution in [0.4, 0.5) is 5.69 Å². The predicted molar refractivity (Wildman–Crippen MR) is 117 cm³/mol. The summed E-state index contributed by atoms with van der Waals surface area (Å²) in [4.78, 5) is 25.6. The topological polar surface area (TPSA) is 76.0 Å². The zero-order chi connectivity index (χ0) is 21.0. The van der Waals surface area contributed by atoms with Gasteiger partial charge in [-0.1, -0.05) is 49.7 Å². The first-order valence-corrected chi connectivity index (χ1v) is 10.2. The number of carbonyl (C=O) groups is 2. The molecule has 1 unspecified atom stereocenters. The Morgan fingerprint density at radius 1 is 1.10 bits per heavy atom. The molecular formula is C21H20BrClN4O2. The van der Waals surface area contributed by atoms with Gasteiger partial charge in [-0.05, 0) is 46.1 Å². The summed E-state index contributed by atoms with van der Waals surface area (Å²) in [5, 5.41) is 10.3. The van der Waals surface area contributed by atoms with Gasteiger partial charge in [0.15, 0.2) is 0 Å². The molecule has 2 N–H and O–H groups in total. The summed E-state index contributed by atoms with van der Waals surface area (Å²) in [5.41, 5.74) is 1.63. The fourth-order valence-electron chi connectivity index (χ4n) is 2.82. The minimum Gasteiger partial charge on any atom is -0.340 e. The third-order valence-corrected chi connectivity index (χ3v) is 5.05. The smallest absolute Gasteiger partial charge is 0.253 e. The van der Waals surface area contributed by atoms with Crippen LogP contribution in [0, 0.1) is 5.92 Å². The molecule has 3 aromatic rings. The summed E-state index contributed by atoms with van der Waals surface area (Å²) in [5.74, 6) is -0.847. The van der Waals surface area contributed by atoms with Crippen LogP contribution < -0.4 is 10.6 Å². The number of hydrogen-bond acceptors (Lipinski definition) is 3. The lowest BCUT2D eigenvalue weighted by Gasteiger charge is -2.22. The number of benzene rings is 2. The molecule has 2 amide bonds. The maximum atomic E-state index is 13.0. The van der Waals surface area contributed by atoms with Gasteiger partial charge >= 0.3 is 0 Å². The van der Waals surface area contributed by atoms with Crippen molar-refractivity contribution in [3.8, 4) is 5.69 Å². The van der Waals surface area contributed by atoms with Gasteiger partial charge in [0.05, 0.1) is 32.6 Å². The first-order valence-electron chi connectivity index (χ1n) is 9.02. The maximum absolute atomic E-state index is 13.0. The Labute approximate surface area is 182 Å². The van der Waals surface area contributed by atoms with Crippen molar-refractivity contribution >= 4 is 45.0 Å². The fourth-order valence-corrected chi connectivity index (χ4v) is 3.33. The van der Waals surface area contributed by atoms with Gasteiger partial charge in [-0.2, -0.15) is 5.10 Å². The Bertz CT molecular complexity index is 1030. The molecule has 0 spiro atoms. The second-order valence-electron chi connectivity index (χ2n) is 6.78. The summed E-state index contributed by atoms with van der Waals surface area (Å²) in [6.45, 7) is 3.74. The standard InChI is InChI=1S/C21H20BrClN4O2/c1-13(2)19(26-20(28)15-7-3-4-8-16(15)23)21(29)25-17-9-5-6-10-18(17)27-12-14(22)11-24-27/h3-13,19H,1-2H3,(H,25,29)(H,26,28). The van der Waals surface area contributed by atoms with Crippen molar-refractivity contribution in [3.63, 3.8) is 0 Å². The SMILES string of the molecule is CC(C)C(NC(=O)c1ccccc1Cl)C(=O)Nc1ccccc1-n1cc(Br)cn1. The normalized spacial score (nSPS) is 11.9. The number of nitrogens with one attached hydrogen (secondary N) is 2. The molecule has 3 rings (SSSR count). The summed E-state index contributed by atoms with van der Waals surface area (Å²) in [7, 11) is 0. The van der Waals surface area contributed by atoms with Crippen LogP contribution in [0.25, 0.3) is 5.69 Å². The zero-order valence-corrected chi connectivity index (χ0v) is 18.2. The third kappa shape index (κ3) is 5.05. The minimum absolute atomic E-state index is 0.132. The zero-order valence-electron chi connectivity index (χ0n) is 15.9. The molecule has 8 heteroatoms. The number of halogens is 2. The highest BCUT2D eigenvalue weighted by Gasteiger charge is 2.26. The highest BCUT2D eigenvalue weighted by Crippen LogP contribution is 2.22. The Morgan fingerprint density at radius 3 is 2.45 bits per heavy atom. The number of anilines is 1. The van der Waals surface area contributed by atoms with E-state index in [1.165, 1.54) is 0 Å². The number of aromatic nitrogens is 2. The molecule has 0 aliphatic rings. The average molecular weight is 476 g/mol. The van der Waals surface area contributed by atoms with E-state index in [2.05, 4.69) is 31.7 Å². The van der Waals surface area contributed by atoms with Crippen molar-refractivity contribution in [1.29, 1.82) is 0 Å². The Balaban J connectivity index is 1.81. The third-order valence-electron chi connectivity index (χ3n) is 4.31. The van der Waals surface area contributed by atoms with Crippen LogP contribution in [0.15, 0.2) is 65.4 Å². The second-order valence-corrected chi connectivity index (χ2v) is 8.11. The molecule has 0 radical (unpaired) electrons. The molecular weight excluding hydrogens is 456 g/mol. The second kappa shape index (κ2) is 9.24. The van der Waals surface area contributed by atoms with Crippen LogP contribution in [0.1, 0.15) is 24.2 Å². The van der Waals surface area contributed by atoms with E-state index in [0.717, 1.165) is 4.47 Å². The lowest BCUT2D eigenvalue weighted by molar-refractivity contribution is -0.118. The lowest BCUT2D eigenvalue weighted by Crippen LogP contribution is -2.47. The highest BCUT2D eigenvalue weighted by molar-refractivity contribution is 9.10. The number of hydrogen-bond donors (Lipinski definition) is 2. The van der Waals surface area contributed by atoms with Gasteiger partial charge in [0.1, 0.15) is 6.04 Å². The van der Waals surface area contributed by atoms with E-state index in [1.54, 1.807) is 47.4 Å². The molecule has 2 aromatic carbocycles. The van der Waals surface area contributed by atoms with Gasteiger partial charge in [-0.25, -0.2) is 4.68 Å². The van der Waals surface area contributed by atoms with Gasteiger partial charge < -0.3 is 10.6 Å². The van der Waals surface area contributed by atoms with E-state index < -0.39 is 11.9 Å². The highest BCUT2D eigenvalue weighted by atomic mass is 79.9. The van der Waals surface area contributed by atoms with Gasteiger partial charge in [0.25, 0.3) is 5.91 Å². The van der Waals surface area contributed by atoms with E-state index in [-0.39, 0.29) is 11.8 Å². The lowest BCUT2D eigenvalue weighted by atomic mass is 10.0. The van der Waals surface area contributed by atoms with E-state index in [9.17, 15) is 9.59 Å². The fraction of sp³-hybridized carbons (Fsp3) is 0.190. The van der Waals surface area contributed by atoms with E-state index in [4.69, 9.17) is 11.6 Å². The van der Waals surface area contributed by atoms with Crippen molar-refractivity contribution in [1.82, 2.24) is 15.1 Å². The van der Waals surface area contributed by atoms with E-state index in [1.807, 2.05) is 32.0 Å². The molecule has 0 aliphatic heterocycles. The Hall–Kier alpha value is -2.64. The summed E-state index contributed by atoms with van der Waals surface area (Å²) in [6.07, 6.45) is 3.46. The van der Waals surface area contributed by atoms with Crippen molar-refractivity contribution in [2.45, 2.75) is 19.9 Å². The molecule has 0 saturated heterocycles. The maximum Gasteiger partial charge on any atom is 0.253 e. The van der Waals surface area contributed by atoms with Gasteiger partial charge in [-0.3, -0.25) is 9.59 Å². The molecule has 0 aliphatic carbocycles. The molecule has 0 bridgehead atoms. The van der Waals surface area contributed by atoms with Gasteiger partial charge in [0.2, 0.25) is 5.91 Å². The molecule has 6 nitrogen and oxygen atoms in total. The average Bonchev–Trinajstić information content (AvgIpc) is 3.12. The largest absolute Gasteiger partial charge is 0.340 e. The molecule has 29 heavy (non-hydrogen) atoms. The molecule has 1 heterocycles. The number of nitrogens with zero attached hydrogens (tertiary/aromatic N) is 2. The van der Waals surface area contributed by atoms with Crippen LogP contribution in [-0.4, -0.2) is 27.6 Å². The van der Waals surface area contributed by atoms with Gasteiger partial charge in [-0.15, -0.1) is 0 Å². The van der Waals surface area contributed by atoms with Crippen LogP contribution in [-0.2, 0) is 4.79 Å². The monoisotopic (exact) mass is 474 g/mol. The van der Waals surface area contributed by atoms with Crippen molar-refractivity contribution in [3.05, 3.63) is 76.0 Å². The van der Waals surface area contributed by atoms with Crippen LogP contribution >= 0.6 is 27.5 Å². The number of carbonyl (C=O) groups excluding carboxylic acids is 2. The first kappa shape index (κ1) is 21.1. The minimum atomic E-state index is -0.740. The summed E-state index contributed by atoms with van der Waals surface area (Å²) >= 11 is 9.48. The van der Waals surface area contributed by atoms with Crippen molar-refractivity contribution < 1.29 is 9.59 Å². The number of para-hydroxylation sites is 2. The van der Waals surface area contributed by atoms with Crippen LogP contribution in [0.2, 0.25) is 5.02 Å². The Morgan fingerprint density at radius 2 is 1.79 bits per heavy atom. The molecule has 150 valence electrons. The molecule has 0 saturated carbocycles. The van der Waals surface area contributed by atoms with Gasteiger partial charge in [0, 0.05) is 6.20 Å². The quantitative estimate of drug-likeness (QED) is 0.543. The number of rotatable bonds is 6. The molecule has 1 atom stereocenters. The van der Waals surface area contributed by atoms with Crippen LogP contribution in [0.3, 0.4) is 0 Å². The summed E-state index contributed by atoms with van der Waals surface area (Å²) < 4.78 is 2.48. The number of amides is 2. The van der Waals surface area contributed by atoms with E-state index in [0.29, 0.717) is 22.0 Å². The van der Waals surface area contributed by atoms with Crippen molar-refractivity contribution in [2.75, 3.05) is 5.32 Å². The Kier molecular flexibility index (Phi) is 6.71. The first-order chi connectivity index (χ1) is 13.9. The van der Waals surface area contributed by atoms with Crippen molar-refractivity contribution in [2.24, 2.45) is 5.92 Å². The molecule has 1 aromatic heterocycles. The predicted octanol–water partition coefficient (Wildman–Crippen LogP) is 4.68. The molecule has 0 fully saturated rings. The summed E-state index contributed by atoms with van der Waals surface area (Å²) in [6, 6.07) is 13.3.